The van der Waals surface area contributed by atoms with Crippen molar-refractivity contribution in [3.63, 3.8) is 0 Å². The second-order valence-electron chi connectivity index (χ2n) is 6.19. The highest BCUT2D eigenvalue weighted by molar-refractivity contribution is 5.65. The van der Waals surface area contributed by atoms with Crippen LogP contribution in [0, 0.1) is 0 Å². The summed E-state index contributed by atoms with van der Waals surface area (Å²) >= 11 is 0. The van der Waals surface area contributed by atoms with E-state index < -0.39 is 80.6 Å². The molecule has 2 fully saturated rings. The molecule has 0 aromatic carbocycles. The van der Waals surface area contributed by atoms with Crippen LogP contribution >= 0.6 is 0 Å². The van der Waals surface area contributed by atoms with Gasteiger partial charge < -0.3 is 54.7 Å². The van der Waals surface area contributed by atoms with E-state index in [0.29, 0.717) is 0 Å². The standard InChI is InChI=1S/C14H24O12/c1-4(15)23-2-6-8(17)10(19)12(21)14(26-6)24-3-5-7(16)9(18)11(20)13(22)25-5/h5-14,16-22H,2-3H2,1H3/t5?,6?,7-,8-,9+,10+,11?,12?,13-,14+/m1/s1. The summed E-state index contributed by atoms with van der Waals surface area (Å²) in [6.07, 6.45) is -15.6. The minimum atomic E-state index is -1.76. The largest absolute Gasteiger partial charge is 0.463 e. The average Bonchev–Trinajstić information content (AvgIpc) is 2.60. The number of carbonyl (C=O) groups is 1. The summed E-state index contributed by atoms with van der Waals surface area (Å²) < 4.78 is 20.1. The molecule has 2 aliphatic rings. The van der Waals surface area contributed by atoms with Crippen LogP contribution in [0.2, 0.25) is 0 Å². The highest BCUT2D eigenvalue weighted by Crippen LogP contribution is 2.25. The van der Waals surface area contributed by atoms with Gasteiger partial charge in [0.15, 0.2) is 12.6 Å². The molecular weight excluding hydrogens is 360 g/mol. The van der Waals surface area contributed by atoms with Crippen LogP contribution in [0.1, 0.15) is 6.92 Å². The third kappa shape index (κ3) is 4.67. The molecule has 2 aliphatic heterocycles. The van der Waals surface area contributed by atoms with Gasteiger partial charge in [0, 0.05) is 6.92 Å². The molecule has 26 heavy (non-hydrogen) atoms. The van der Waals surface area contributed by atoms with Gasteiger partial charge in [-0.2, -0.15) is 0 Å². The summed E-state index contributed by atoms with van der Waals surface area (Å²) in [6.45, 7) is 0.250. The monoisotopic (exact) mass is 384 g/mol. The van der Waals surface area contributed by atoms with Gasteiger partial charge in [0.2, 0.25) is 0 Å². The molecule has 7 N–H and O–H groups in total. The highest BCUT2D eigenvalue weighted by Gasteiger charge is 2.47. The van der Waals surface area contributed by atoms with Crippen molar-refractivity contribution in [3.8, 4) is 0 Å². The van der Waals surface area contributed by atoms with Gasteiger partial charge in [0.1, 0.15) is 55.4 Å². The second-order valence-corrected chi connectivity index (χ2v) is 6.19. The van der Waals surface area contributed by atoms with Crippen LogP contribution in [0.15, 0.2) is 0 Å². The summed E-state index contributed by atoms with van der Waals surface area (Å²) in [6, 6.07) is 0. The lowest BCUT2D eigenvalue weighted by atomic mass is 9.98. The Balaban J connectivity index is 1.95. The summed E-state index contributed by atoms with van der Waals surface area (Å²) in [5.74, 6) is -0.640. The van der Waals surface area contributed by atoms with Gasteiger partial charge in [0.25, 0.3) is 0 Å². The second kappa shape index (κ2) is 8.84. The van der Waals surface area contributed by atoms with Crippen LogP contribution in [-0.2, 0) is 23.7 Å². The average molecular weight is 384 g/mol. The molecule has 2 saturated heterocycles. The van der Waals surface area contributed by atoms with E-state index in [1.165, 1.54) is 0 Å². The summed E-state index contributed by atoms with van der Waals surface area (Å²) in [7, 11) is 0. The number of carbonyl (C=O) groups excluding carboxylic acids is 1. The van der Waals surface area contributed by atoms with Gasteiger partial charge in [0.05, 0.1) is 6.61 Å². The molecule has 12 nitrogen and oxygen atoms in total. The fourth-order valence-electron chi connectivity index (χ4n) is 2.65. The minimum Gasteiger partial charge on any atom is -0.463 e. The number of rotatable bonds is 5. The van der Waals surface area contributed by atoms with E-state index in [-0.39, 0.29) is 0 Å². The molecule has 152 valence electrons. The van der Waals surface area contributed by atoms with E-state index in [1.807, 2.05) is 0 Å². The smallest absolute Gasteiger partial charge is 0.302 e. The van der Waals surface area contributed by atoms with Crippen molar-refractivity contribution in [3.05, 3.63) is 0 Å². The van der Waals surface area contributed by atoms with Crippen molar-refractivity contribution < 1.29 is 59.5 Å². The van der Waals surface area contributed by atoms with Gasteiger partial charge in [-0.05, 0) is 0 Å². The first kappa shape index (κ1) is 21.4. The summed E-state index contributed by atoms with van der Waals surface area (Å²) in [4.78, 5) is 10.9. The molecule has 0 saturated carbocycles. The van der Waals surface area contributed by atoms with Crippen LogP contribution in [0.4, 0.5) is 0 Å². The number of aliphatic hydroxyl groups is 7. The lowest BCUT2D eigenvalue weighted by molar-refractivity contribution is -0.326. The van der Waals surface area contributed by atoms with Crippen molar-refractivity contribution in [2.24, 2.45) is 0 Å². The molecule has 0 spiro atoms. The highest BCUT2D eigenvalue weighted by atomic mass is 16.7. The lowest BCUT2D eigenvalue weighted by Crippen LogP contribution is -2.61. The van der Waals surface area contributed by atoms with E-state index in [0.717, 1.165) is 6.92 Å². The Morgan fingerprint density at radius 1 is 0.769 bits per heavy atom. The van der Waals surface area contributed by atoms with Crippen molar-refractivity contribution >= 4 is 5.97 Å². The zero-order valence-electron chi connectivity index (χ0n) is 13.9. The van der Waals surface area contributed by atoms with Crippen LogP contribution in [0.5, 0.6) is 0 Å². The van der Waals surface area contributed by atoms with Crippen LogP contribution in [0.25, 0.3) is 0 Å². The van der Waals surface area contributed by atoms with Crippen molar-refractivity contribution in [1.29, 1.82) is 0 Å². The third-order valence-corrected chi connectivity index (χ3v) is 4.23. The molecule has 2 rings (SSSR count). The molecule has 12 heteroatoms. The van der Waals surface area contributed by atoms with E-state index in [9.17, 15) is 40.5 Å². The number of ether oxygens (including phenoxy) is 4. The van der Waals surface area contributed by atoms with Crippen molar-refractivity contribution in [2.45, 2.75) is 68.3 Å². The quantitative estimate of drug-likeness (QED) is 0.224. The van der Waals surface area contributed by atoms with Gasteiger partial charge >= 0.3 is 5.97 Å². The van der Waals surface area contributed by atoms with E-state index >= 15 is 0 Å². The Kier molecular flexibility index (Phi) is 7.27. The van der Waals surface area contributed by atoms with E-state index in [1.54, 1.807) is 0 Å². The van der Waals surface area contributed by atoms with Crippen LogP contribution < -0.4 is 0 Å². The Labute approximate surface area is 148 Å². The number of aliphatic hydroxyl groups excluding tert-OH is 7. The fraction of sp³-hybridized carbons (Fsp3) is 0.929. The molecule has 0 amide bonds. The Morgan fingerprint density at radius 2 is 1.31 bits per heavy atom. The van der Waals surface area contributed by atoms with Crippen molar-refractivity contribution in [2.75, 3.05) is 13.2 Å². The Morgan fingerprint density at radius 3 is 1.88 bits per heavy atom. The molecule has 2 heterocycles. The first-order valence-electron chi connectivity index (χ1n) is 7.95. The predicted octanol–water partition coefficient (Wildman–Crippen LogP) is -4.83. The molecule has 4 unspecified atom stereocenters. The van der Waals surface area contributed by atoms with Crippen LogP contribution in [-0.4, -0.2) is 116 Å². The topological polar surface area (TPSA) is 196 Å². The third-order valence-electron chi connectivity index (χ3n) is 4.23. The lowest BCUT2D eigenvalue weighted by Gasteiger charge is -2.42. The van der Waals surface area contributed by atoms with Crippen LogP contribution in [0.3, 0.4) is 0 Å². The van der Waals surface area contributed by atoms with Gasteiger partial charge in [-0.3, -0.25) is 4.79 Å². The maximum atomic E-state index is 10.9. The van der Waals surface area contributed by atoms with Gasteiger partial charge in [-0.25, -0.2) is 0 Å². The van der Waals surface area contributed by atoms with E-state index in [2.05, 4.69) is 0 Å². The number of hydrogen-bond donors (Lipinski definition) is 7. The molecule has 0 radical (unpaired) electrons. The SMILES string of the molecule is CC(=O)OCC1O[C@H](OCC2O[C@@H](O)C(O)[C@@H](O)[C@@H]2O)C(O)[C@@H](O)[C@@H]1O. The molecular formula is C14H24O12. The predicted molar refractivity (Wildman–Crippen MR) is 78.2 cm³/mol. The first-order valence-corrected chi connectivity index (χ1v) is 7.95. The first-order chi connectivity index (χ1) is 12.1. The zero-order valence-corrected chi connectivity index (χ0v) is 13.9. The maximum Gasteiger partial charge on any atom is 0.302 e. The normalized spacial score (nSPS) is 46.8. The fourth-order valence-corrected chi connectivity index (χ4v) is 2.65. The molecule has 0 aromatic heterocycles. The number of esters is 1. The Bertz CT molecular complexity index is 475. The zero-order chi connectivity index (χ0) is 19.6. The maximum absolute atomic E-state index is 10.9. The van der Waals surface area contributed by atoms with E-state index in [4.69, 9.17) is 18.9 Å². The molecule has 0 aliphatic carbocycles. The summed E-state index contributed by atoms with van der Waals surface area (Å²) in [5.41, 5.74) is 0. The Hall–Kier alpha value is -0.930. The van der Waals surface area contributed by atoms with Gasteiger partial charge in [-0.15, -0.1) is 0 Å². The molecule has 10 atom stereocenters. The summed E-state index contributed by atoms with van der Waals surface area (Å²) in [5, 5.41) is 68.0. The minimum absolute atomic E-state index is 0.397. The van der Waals surface area contributed by atoms with Gasteiger partial charge in [-0.1, -0.05) is 0 Å². The van der Waals surface area contributed by atoms with Crippen molar-refractivity contribution in [1.82, 2.24) is 0 Å². The molecule has 0 bridgehead atoms. The molecule has 0 aromatic rings. The number of hydrogen-bond acceptors (Lipinski definition) is 12.